The van der Waals surface area contributed by atoms with Gasteiger partial charge < -0.3 is 9.47 Å². The van der Waals surface area contributed by atoms with Gasteiger partial charge in [0.15, 0.2) is 0 Å². The summed E-state index contributed by atoms with van der Waals surface area (Å²) < 4.78 is 82.7. The number of aliphatic imine (C=N–C) groups is 2. The molecule has 0 heterocycles. The van der Waals surface area contributed by atoms with Crippen LogP contribution in [0.15, 0.2) is 40.3 Å². The van der Waals surface area contributed by atoms with Crippen molar-refractivity contribution < 1.29 is 55.0 Å². The number of nitrogens with zero attached hydrogens (tertiary/aromatic N) is 2. The molecule has 0 atom stereocenters. The molecule has 0 bridgehead atoms. The summed E-state index contributed by atoms with van der Waals surface area (Å²) in [5.41, 5.74) is -3.71. The molecule has 204 valence electrons. The molecule has 1 saturated carbocycles. The van der Waals surface area contributed by atoms with Crippen LogP contribution in [0.4, 0.5) is 26.3 Å². The van der Waals surface area contributed by atoms with Crippen LogP contribution >= 0.6 is 0 Å². The Kier molecular flexibility index (Phi) is 12.1. The standard InChI is InChI=1S/C12H16F3NO3.C11H8F3NO3/c1-19-11(18)10(12(13,14)15)16-9(17)7-6-8-4-2-3-5-8;1-18-10(17)8(11(12,13)14)15-9(16)7-5-3-2-4-6-7/h8H,2-7H2,1H3;2-6H,1H3. The lowest BCUT2D eigenvalue weighted by Gasteiger charge is -2.09. The molecule has 0 radical (unpaired) electrons. The Bertz CT molecular complexity index is 1010. The maximum atomic E-state index is 12.5. The quantitative estimate of drug-likeness (QED) is 0.296. The molecule has 0 aliphatic heterocycles. The van der Waals surface area contributed by atoms with Gasteiger partial charge in [-0.1, -0.05) is 43.9 Å². The number of amides is 2. The minimum absolute atomic E-state index is 0.0526. The molecule has 8 nitrogen and oxygen atoms in total. The van der Waals surface area contributed by atoms with Gasteiger partial charge >= 0.3 is 24.3 Å². The zero-order valence-corrected chi connectivity index (χ0v) is 19.8. The number of hydrogen-bond donors (Lipinski definition) is 0. The first-order chi connectivity index (χ1) is 17.2. The van der Waals surface area contributed by atoms with Crippen molar-refractivity contribution in [3.05, 3.63) is 35.9 Å². The van der Waals surface area contributed by atoms with E-state index in [0.717, 1.165) is 39.9 Å². The maximum Gasteiger partial charge on any atom is 0.440 e. The normalized spacial score (nSPS) is 14.9. The van der Waals surface area contributed by atoms with Crippen LogP contribution in [-0.2, 0) is 23.9 Å². The zero-order valence-electron chi connectivity index (χ0n) is 19.8. The highest BCUT2D eigenvalue weighted by atomic mass is 19.4. The molecular weight excluding hydrogens is 514 g/mol. The molecule has 0 saturated heterocycles. The van der Waals surface area contributed by atoms with E-state index in [2.05, 4.69) is 19.5 Å². The van der Waals surface area contributed by atoms with Crippen molar-refractivity contribution in [3.63, 3.8) is 0 Å². The molecule has 0 aromatic heterocycles. The van der Waals surface area contributed by atoms with Crippen molar-refractivity contribution in [3.8, 4) is 0 Å². The van der Waals surface area contributed by atoms with Gasteiger partial charge in [0.05, 0.1) is 14.2 Å². The summed E-state index contributed by atoms with van der Waals surface area (Å²) in [6.45, 7) is 0. The predicted molar refractivity (Wildman–Crippen MR) is 118 cm³/mol. The minimum Gasteiger partial charge on any atom is -0.464 e. The van der Waals surface area contributed by atoms with Crippen LogP contribution in [0.2, 0.25) is 0 Å². The van der Waals surface area contributed by atoms with Gasteiger partial charge in [-0.3, -0.25) is 9.59 Å². The van der Waals surface area contributed by atoms with Gasteiger partial charge in [0, 0.05) is 12.0 Å². The number of methoxy groups -OCH3 is 2. The molecule has 2 rings (SSSR count). The number of carbonyl (C=O) groups excluding carboxylic acids is 4. The van der Waals surface area contributed by atoms with E-state index in [0.29, 0.717) is 12.3 Å². The van der Waals surface area contributed by atoms with Crippen LogP contribution in [0.5, 0.6) is 0 Å². The van der Waals surface area contributed by atoms with Crippen LogP contribution in [0.3, 0.4) is 0 Å². The minimum atomic E-state index is -5.04. The first-order valence-electron chi connectivity index (χ1n) is 10.8. The fourth-order valence-corrected chi connectivity index (χ4v) is 3.20. The van der Waals surface area contributed by atoms with Gasteiger partial charge in [-0.05, 0) is 24.5 Å². The molecule has 0 spiro atoms. The fourth-order valence-electron chi connectivity index (χ4n) is 3.20. The van der Waals surface area contributed by atoms with Crippen molar-refractivity contribution in [2.75, 3.05) is 14.2 Å². The SMILES string of the molecule is COC(=O)C(=NC(=O)CCC1CCCC1)C(F)(F)F.COC(=O)C(=NC(=O)c1ccccc1)C(F)(F)F. The molecule has 1 fully saturated rings. The van der Waals surface area contributed by atoms with Gasteiger partial charge in [0.25, 0.3) is 5.91 Å². The van der Waals surface area contributed by atoms with Crippen LogP contribution in [-0.4, -0.2) is 61.7 Å². The lowest BCUT2D eigenvalue weighted by molar-refractivity contribution is -0.138. The number of esters is 2. The Morgan fingerprint density at radius 3 is 1.70 bits per heavy atom. The highest BCUT2D eigenvalue weighted by Gasteiger charge is 2.43. The number of ether oxygens (including phenoxy) is 2. The van der Waals surface area contributed by atoms with Crippen LogP contribution in [0.25, 0.3) is 0 Å². The lowest BCUT2D eigenvalue weighted by Crippen LogP contribution is -2.33. The topological polar surface area (TPSA) is 111 Å². The van der Waals surface area contributed by atoms with E-state index in [4.69, 9.17) is 0 Å². The number of alkyl halides is 6. The Morgan fingerprint density at radius 2 is 1.27 bits per heavy atom. The molecule has 1 aliphatic carbocycles. The zero-order chi connectivity index (χ0) is 28.2. The van der Waals surface area contributed by atoms with Gasteiger partial charge in [0.1, 0.15) is 0 Å². The Hall–Kier alpha value is -3.58. The molecule has 1 aliphatic rings. The second-order valence-corrected chi connectivity index (χ2v) is 7.65. The molecule has 37 heavy (non-hydrogen) atoms. The maximum absolute atomic E-state index is 12.5. The predicted octanol–water partition coefficient (Wildman–Crippen LogP) is 4.66. The smallest absolute Gasteiger partial charge is 0.440 e. The van der Waals surface area contributed by atoms with E-state index >= 15 is 0 Å². The van der Waals surface area contributed by atoms with Crippen molar-refractivity contribution in [1.82, 2.24) is 0 Å². The monoisotopic (exact) mass is 538 g/mol. The average molecular weight is 538 g/mol. The summed E-state index contributed by atoms with van der Waals surface area (Å²) >= 11 is 0. The van der Waals surface area contributed by atoms with Crippen molar-refractivity contribution in [2.45, 2.75) is 50.9 Å². The third-order valence-electron chi connectivity index (χ3n) is 5.01. The highest BCUT2D eigenvalue weighted by molar-refractivity contribution is 6.41. The lowest BCUT2D eigenvalue weighted by atomic mass is 10.0. The van der Waals surface area contributed by atoms with Crippen LogP contribution < -0.4 is 0 Å². The molecule has 0 N–H and O–H groups in total. The summed E-state index contributed by atoms with van der Waals surface area (Å²) in [4.78, 5) is 50.3. The fraction of sp³-hybridized carbons (Fsp3) is 0.478. The first-order valence-corrected chi connectivity index (χ1v) is 10.8. The molecule has 0 unspecified atom stereocenters. The number of halogens is 6. The largest absolute Gasteiger partial charge is 0.464 e. The molecule has 1 aromatic rings. The molecule has 2 amide bonds. The van der Waals surface area contributed by atoms with Gasteiger partial charge in [-0.2, -0.15) is 31.3 Å². The van der Waals surface area contributed by atoms with Crippen LogP contribution in [0, 0.1) is 5.92 Å². The van der Waals surface area contributed by atoms with Crippen LogP contribution in [0.1, 0.15) is 48.9 Å². The Balaban J connectivity index is 0.000000371. The van der Waals surface area contributed by atoms with E-state index in [9.17, 15) is 45.5 Å². The molecule has 1 aromatic carbocycles. The number of rotatable bonds is 6. The third-order valence-corrected chi connectivity index (χ3v) is 5.01. The summed E-state index contributed by atoms with van der Waals surface area (Å²) in [5.74, 6) is -5.04. The van der Waals surface area contributed by atoms with E-state index in [1.165, 1.54) is 24.3 Å². The second-order valence-electron chi connectivity index (χ2n) is 7.65. The summed E-state index contributed by atoms with van der Waals surface area (Å²) in [6.07, 6.45) is -5.38. The summed E-state index contributed by atoms with van der Waals surface area (Å²) in [5, 5.41) is 0. The van der Waals surface area contributed by atoms with E-state index in [1.54, 1.807) is 6.07 Å². The average Bonchev–Trinajstić information content (AvgIpc) is 3.37. The second kappa shape index (κ2) is 14.2. The number of carbonyl (C=O) groups is 4. The first kappa shape index (κ1) is 31.4. The molecular formula is C23H24F6N2O6. The third kappa shape index (κ3) is 10.9. The number of hydrogen-bond acceptors (Lipinski definition) is 6. The van der Waals surface area contributed by atoms with Gasteiger partial charge in [-0.25, -0.2) is 14.6 Å². The number of benzene rings is 1. The van der Waals surface area contributed by atoms with E-state index in [-0.39, 0.29) is 12.0 Å². The highest BCUT2D eigenvalue weighted by Crippen LogP contribution is 2.28. The van der Waals surface area contributed by atoms with Crippen molar-refractivity contribution in [1.29, 1.82) is 0 Å². The summed E-state index contributed by atoms with van der Waals surface area (Å²) in [7, 11) is 1.59. The Labute approximate surface area is 207 Å². The molecule has 14 heteroatoms. The van der Waals surface area contributed by atoms with Gasteiger partial charge in [0.2, 0.25) is 17.3 Å². The van der Waals surface area contributed by atoms with E-state index in [1.807, 2.05) is 0 Å². The Morgan fingerprint density at radius 1 is 0.811 bits per heavy atom. The van der Waals surface area contributed by atoms with Gasteiger partial charge in [-0.15, -0.1) is 0 Å². The summed E-state index contributed by atoms with van der Waals surface area (Å²) in [6, 6.07) is 7.10. The van der Waals surface area contributed by atoms with Crippen molar-refractivity contribution >= 4 is 35.2 Å². The van der Waals surface area contributed by atoms with E-state index < -0.39 is 47.5 Å². The van der Waals surface area contributed by atoms with Crippen molar-refractivity contribution in [2.24, 2.45) is 15.9 Å².